The van der Waals surface area contributed by atoms with Crippen molar-refractivity contribution in [3.63, 3.8) is 0 Å². The average Bonchev–Trinajstić information content (AvgIpc) is 2.87. The minimum Gasteiger partial charge on any atom is -0.466 e. The monoisotopic (exact) mass is 383 g/mol. The van der Waals surface area contributed by atoms with Crippen LogP contribution in [-0.4, -0.2) is 83.8 Å². The van der Waals surface area contributed by atoms with Crippen molar-refractivity contribution in [2.45, 2.75) is 59.6 Å². The van der Waals surface area contributed by atoms with Crippen molar-refractivity contribution in [3.05, 3.63) is 0 Å². The minimum atomic E-state index is -0.637. The fourth-order valence-electron chi connectivity index (χ4n) is 3.30. The van der Waals surface area contributed by atoms with Gasteiger partial charge in [-0.25, -0.2) is 9.59 Å². The second kappa shape index (κ2) is 7.94. The first-order valence-corrected chi connectivity index (χ1v) is 9.65. The lowest BCUT2D eigenvalue weighted by atomic mass is 9.89. The maximum atomic E-state index is 12.7. The van der Waals surface area contributed by atoms with E-state index in [0.717, 1.165) is 0 Å². The van der Waals surface area contributed by atoms with E-state index in [1.165, 1.54) is 0 Å². The summed E-state index contributed by atoms with van der Waals surface area (Å²) in [7, 11) is 0. The fourth-order valence-corrected chi connectivity index (χ4v) is 3.30. The standard InChI is InChI=1S/C19H33N3O5/c1-7-26-15(23)19(5,6)8-9-20-12-14-13-21(10-11-22(14)16(20)24)17(25)27-18(2,3)4/h14H,7-13H2,1-6H3. The van der Waals surface area contributed by atoms with Gasteiger partial charge in [-0.15, -0.1) is 0 Å². The van der Waals surface area contributed by atoms with Crippen LogP contribution in [0.4, 0.5) is 9.59 Å². The van der Waals surface area contributed by atoms with Crippen LogP contribution in [0.15, 0.2) is 0 Å². The molecular formula is C19H33N3O5. The van der Waals surface area contributed by atoms with Gasteiger partial charge in [-0.1, -0.05) is 0 Å². The van der Waals surface area contributed by atoms with E-state index in [2.05, 4.69) is 0 Å². The van der Waals surface area contributed by atoms with Gasteiger partial charge < -0.3 is 24.2 Å². The highest BCUT2D eigenvalue weighted by Crippen LogP contribution is 2.27. The number of carbonyl (C=O) groups excluding carboxylic acids is 3. The summed E-state index contributed by atoms with van der Waals surface area (Å²) in [6.07, 6.45) is 0.199. The van der Waals surface area contributed by atoms with Crippen molar-refractivity contribution < 1.29 is 23.9 Å². The number of fused-ring (bicyclic) bond motifs is 1. The minimum absolute atomic E-state index is 0.0245. The summed E-state index contributed by atoms with van der Waals surface area (Å²) >= 11 is 0. The zero-order chi connectivity index (χ0) is 20.4. The van der Waals surface area contributed by atoms with Gasteiger partial charge in [-0.05, 0) is 48.0 Å². The maximum absolute atomic E-state index is 12.7. The van der Waals surface area contributed by atoms with Crippen LogP contribution in [-0.2, 0) is 14.3 Å². The predicted molar refractivity (Wildman–Crippen MR) is 100 cm³/mol. The van der Waals surface area contributed by atoms with Crippen molar-refractivity contribution in [1.82, 2.24) is 14.7 Å². The molecule has 0 saturated carbocycles. The lowest BCUT2D eigenvalue weighted by Crippen LogP contribution is -2.54. The fraction of sp³-hybridized carbons (Fsp3) is 0.842. The Hall–Kier alpha value is -1.99. The summed E-state index contributed by atoms with van der Waals surface area (Å²) in [5.41, 5.74) is -1.17. The van der Waals surface area contributed by atoms with Crippen LogP contribution >= 0.6 is 0 Å². The van der Waals surface area contributed by atoms with Crippen molar-refractivity contribution in [2.75, 3.05) is 39.3 Å². The summed E-state index contributed by atoms with van der Waals surface area (Å²) in [6, 6.07) is -0.0621. The Morgan fingerprint density at radius 2 is 1.78 bits per heavy atom. The van der Waals surface area contributed by atoms with Gasteiger partial charge in [-0.2, -0.15) is 0 Å². The molecule has 154 valence electrons. The van der Waals surface area contributed by atoms with Crippen molar-refractivity contribution >= 4 is 18.1 Å². The van der Waals surface area contributed by atoms with Gasteiger partial charge in [0.05, 0.1) is 18.1 Å². The summed E-state index contributed by atoms with van der Waals surface area (Å²) in [6.45, 7) is 13.8. The first-order chi connectivity index (χ1) is 12.4. The maximum Gasteiger partial charge on any atom is 0.410 e. The molecule has 0 N–H and O–H groups in total. The summed E-state index contributed by atoms with van der Waals surface area (Å²) in [5, 5.41) is 0. The number of urea groups is 1. The van der Waals surface area contributed by atoms with Crippen LogP contribution in [0.3, 0.4) is 0 Å². The van der Waals surface area contributed by atoms with Gasteiger partial charge >= 0.3 is 18.1 Å². The molecule has 2 aliphatic rings. The highest BCUT2D eigenvalue weighted by molar-refractivity contribution is 5.79. The third-order valence-corrected chi connectivity index (χ3v) is 4.92. The smallest absolute Gasteiger partial charge is 0.410 e. The molecule has 0 aromatic heterocycles. The number of ether oxygens (including phenoxy) is 2. The molecular weight excluding hydrogens is 350 g/mol. The number of hydrogen-bond acceptors (Lipinski definition) is 5. The summed E-state index contributed by atoms with van der Waals surface area (Å²) in [5.74, 6) is -0.245. The third-order valence-electron chi connectivity index (χ3n) is 4.92. The molecule has 0 aromatic carbocycles. The zero-order valence-corrected chi connectivity index (χ0v) is 17.4. The Morgan fingerprint density at radius 3 is 2.37 bits per heavy atom. The van der Waals surface area contributed by atoms with Crippen LogP contribution in [0.1, 0.15) is 48.0 Å². The lowest BCUT2D eigenvalue weighted by Gasteiger charge is -2.37. The first kappa shape index (κ1) is 21.3. The molecule has 0 aromatic rings. The molecule has 1 unspecified atom stereocenters. The molecule has 8 nitrogen and oxygen atoms in total. The molecule has 1 atom stereocenters. The lowest BCUT2D eigenvalue weighted by molar-refractivity contribution is -0.153. The molecule has 2 aliphatic heterocycles. The number of esters is 1. The molecule has 2 heterocycles. The van der Waals surface area contributed by atoms with E-state index in [1.54, 1.807) is 16.7 Å². The van der Waals surface area contributed by atoms with Gasteiger partial charge in [0.2, 0.25) is 0 Å². The Bertz CT molecular complexity index is 584. The van der Waals surface area contributed by atoms with Gasteiger partial charge in [0.1, 0.15) is 5.60 Å². The van der Waals surface area contributed by atoms with Crippen LogP contribution in [0.25, 0.3) is 0 Å². The number of amides is 3. The number of nitrogens with zero attached hydrogens (tertiary/aromatic N) is 3. The number of carbonyl (C=O) groups is 3. The molecule has 0 spiro atoms. The Labute approximate surface area is 161 Å². The molecule has 8 heteroatoms. The second-order valence-corrected chi connectivity index (χ2v) is 8.86. The van der Waals surface area contributed by atoms with E-state index in [4.69, 9.17) is 9.47 Å². The summed E-state index contributed by atoms with van der Waals surface area (Å²) < 4.78 is 10.6. The Balaban J connectivity index is 1.91. The SMILES string of the molecule is CCOC(=O)C(C)(C)CCN1CC2CN(C(=O)OC(C)(C)C)CCN2C1=O. The van der Waals surface area contributed by atoms with Gasteiger partial charge in [-0.3, -0.25) is 4.79 Å². The van der Waals surface area contributed by atoms with E-state index < -0.39 is 11.0 Å². The highest BCUT2D eigenvalue weighted by Gasteiger charge is 2.43. The molecule has 2 saturated heterocycles. The Kier molecular flexibility index (Phi) is 6.27. The quantitative estimate of drug-likeness (QED) is 0.681. The van der Waals surface area contributed by atoms with E-state index in [0.29, 0.717) is 45.8 Å². The molecule has 0 radical (unpaired) electrons. The molecule has 0 aliphatic carbocycles. The van der Waals surface area contributed by atoms with Crippen LogP contribution in [0, 0.1) is 5.41 Å². The highest BCUT2D eigenvalue weighted by atomic mass is 16.6. The molecule has 2 fully saturated rings. The van der Waals surface area contributed by atoms with E-state index in [-0.39, 0.29) is 24.1 Å². The molecule has 3 amide bonds. The predicted octanol–water partition coefficient (Wildman–Crippen LogP) is 2.32. The topological polar surface area (TPSA) is 79.4 Å². The van der Waals surface area contributed by atoms with E-state index in [1.807, 2.05) is 39.5 Å². The first-order valence-electron chi connectivity index (χ1n) is 9.65. The average molecular weight is 383 g/mol. The second-order valence-electron chi connectivity index (χ2n) is 8.86. The third kappa shape index (κ3) is 5.26. The molecule has 2 rings (SSSR count). The Morgan fingerprint density at radius 1 is 1.11 bits per heavy atom. The van der Waals surface area contributed by atoms with Crippen molar-refractivity contribution in [2.24, 2.45) is 5.41 Å². The normalized spacial score (nSPS) is 20.6. The molecule has 0 bridgehead atoms. The largest absolute Gasteiger partial charge is 0.466 e. The van der Waals surface area contributed by atoms with E-state index in [9.17, 15) is 14.4 Å². The van der Waals surface area contributed by atoms with Crippen LogP contribution in [0.2, 0.25) is 0 Å². The number of hydrogen-bond donors (Lipinski definition) is 0. The van der Waals surface area contributed by atoms with Crippen molar-refractivity contribution in [1.29, 1.82) is 0 Å². The molecule has 27 heavy (non-hydrogen) atoms. The van der Waals surface area contributed by atoms with Crippen LogP contribution < -0.4 is 0 Å². The zero-order valence-electron chi connectivity index (χ0n) is 17.4. The number of piperazine rings is 1. The van der Waals surface area contributed by atoms with Gasteiger partial charge in [0, 0.05) is 32.7 Å². The van der Waals surface area contributed by atoms with Gasteiger partial charge in [0.25, 0.3) is 0 Å². The number of rotatable bonds is 5. The summed E-state index contributed by atoms with van der Waals surface area (Å²) in [4.78, 5) is 42.3. The van der Waals surface area contributed by atoms with Crippen molar-refractivity contribution in [3.8, 4) is 0 Å². The van der Waals surface area contributed by atoms with Crippen LogP contribution in [0.5, 0.6) is 0 Å². The van der Waals surface area contributed by atoms with Gasteiger partial charge in [0.15, 0.2) is 0 Å². The van der Waals surface area contributed by atoms with E-state index >= 15 is 0 Å².